The second-order valence-corrected chi connectivity index (χ2v) is 5.64. The van der Waals surface area contributed by atoms with Crippen molar-refractivity contribution in [3.05, 3.63) is 48.0 Å². The molecule has 0 saturated carbocycles. The summed E-state index contributed by atoms with van der Waals surface area (Å²) in [5.41, 5.74) is -1.29. The van der Waals surface area contributed by atoms with Crippen molar-refractivity contribution in [3.8, 4) is 0 Å². The average molecular weight is 356 g/mol. The van der Waals surface area contributed by atoms with E-state index >= 15 is 0 Å². The Bertz CT molecular complexity index is 638. The molecule has 1 aromatic carbocycles. The molecular weight excluding hydrogens is 337 g/mol. The summed E-state index contributed by atoms with van der Waals surface area (Å²) in [7, 11) is 0. The number of nitrogens with zero attached hydrogens (tertiary/aromatic N) is 1. The van der Waals surface area contributed by atoms with E-state index in [1.54, 1.807) is 0 Å². The van der Waals surface area contributed by atoms with E-state index in [-0.39, 0.29) is 31.3 Å². The minimum Gasteiger partial charge on any atom is -0.445 e. The molecule has 1 aliphatic rings. The van der Waals surface area contributed by atoms with Gasteiger partial charge in [-0.05, 0) is 25.0 Å². The Morgan fingerprint density at radius 1 is 1.28 bits per heavy atom. The Morgan fingerprint density at radius 3 is 2.52 bits per heavy atom. The van der Waals surface area contributed by atoms with E-state index in [0.29, 0.717) is 12.8 Å². The first-order valence-corrected chi connectivity index (χ1v) is 7.82. The van der Waals surface area contributed by atoms with Crippen LogP contribution in [0, 0.1) is 0 Å². The minimum atomic E-state index is -4.58. The number of carbonyl (C=O) groups excluding carboxylic acids is 2. The second kappa shape index (κ2) is 8.04. The van der Waals surface area contributed by atoms with E-state index in [1.807, 2.05) is 0 Å². The standard InChI is InChI=1S/C17H19F3N2O3/c1-2-11-25-16(24)21-12-7-9-22(10-8-12)15(23)13-5-3-4-6-14(13)17(18,19)20/h2-6,12H,1,7-11H2,(H,21,24). The number of hydrogen-bond acceptors (Lipinski definition) is 3. The summed E-state index contributed by atoms with van der Waals surface area (Å²) in [6, 6.07) is 4.57. The van der Waals surface area contributed by atoms with Crippen molar-refractivity contribution < 1.29 is 27.5 Å². The van der Waals surface area contributed by atoms with Crippen molar-refractivity contribution in [3.63, 3.8) is 0 Å². The Hall–Kier alpha value is -2.51. The van der Waals surface area contributed by atoms with Crippen molar-refractivity contribution in [2.24, 2.45) is 0 Å². The molecule has 1 aromatic rings. The number of hydrogen-bond donors (Lipinski definition) is 1. The SMILES string of the molecule is C=CCOC(=O)NC1CCN(C(=O)c2ccccc2C(F)(F)F)CC1. The number of rotatable bonds is 4. The number of likely N-dealkylation sites (tertiary alicyclic amines) is 1. The fraction of sp³-hybridized carbons (Fsp3) is 0.412. The van der Waals surface area contributed by atoms with Gasteiger partial charge in [0.15, 0.2) is 0 Å². The maximum absolute atomic E-state index is 13.0. The number of amides is 2. The van der Waals surface area contributed by atoms with Gasteiger partial charge in [0.25, 0.3) is 5.91 Å². The van der Waals surface area contributed by atoms with E-state index in [9.17, 15) is 22.8 Å². The molecule has 2 amide bonds. The van der Waals surface area contributed by atoms with Gasteiger partial charge < -0.3 is 15.0 Å². The first-order chi connectivity index (χ1) is 11.8. The predicted octanol–water partition coefficient (Wildman–Crippen LogP) is 3.22. The van der Waals surface area contributed by atoms with Gasteiger partial charge in [0, 0.05) is 19.1 Å². The molecule has 0 unspecified atom stereocenters. The predicted molar refractivity (Wildman–Crippen MR) is 85.1 cm³/mol. The van der Waals surface area contributed by atoms with Crippen LogP contribution in [0.1, 0.15) is 28.8 Å². The van der Waals surface area contributed by atoms with Crippen LogP contribution in [0.15, 0.2) is 36.9 Å². The van der Waals surface area contributed by atoms with E-state index < -0.39 is 23.7 Å². The fourth-order valence-electron chi connectivity index (χ4n) is 2.66. The lowest BCUT2D eigenvalue weighted by molar-refractivity contribution is -0.138. The lowest BCUT2D eigenvalue weighted by atomic mass is 10.0. The van der Waals surface area contributed by atoms with E-state index in [2.05, 4.69) is 11.9 Å². The Kier molecular flexibility index (Phi) is 6.06. The van der Waals surface area contributed by atoms with Crippen LogP contribution in [0.5, 0.6) is 0 Å². The van der Waals surface area contributed by atoms with Crippen LogP contribution in [0.3, 0.4) is 0 Å². The molecule has 1 fully saturated rings. The number of piperidine rings is 1. The van der Waals surface area contributed by atoms with E-state index in [0.717, 1.165) is 6.07 Å². The molecule has 0 bridgehead atoms. The topological polar surface area (TPSA) is 58.6 Å². The van der Waals surface area contributed by atoms with Gasteiger partial charge in [0.05, 0.1) is 11.1 Å². The number of alkyl carbamates (subject to hydrolysis) is 1. The molecule has 25 heavy (non-hydrogen) atoms. The summed E-state index contributed by atoms with van der Waals surface area (Å²) in [5.74, 6) is -0.652. The van der Waals surface area contributed by atoms with Crippen molar-refractivity contribution in [1.29, 1.82) is 0 Å². The summed E-state index contributed by atoms with van der Waals surface area (Å²) in [5, 5.41) is 2.66. The Morgan fingerprint density at radius 2 is 1.92 bits per heavy atom. The van der Waals surface area contributed by atoms with Crippen molar-refractivity contribution in [1.82, 2.24) is 10.2 Å². The van der Waals surface area contributed by atoms with Crippen LogP contribution >= 0.6 is 0 Å². The van der Waals surface area contributed by atoms with Gasteiger partial charge in [-0.25, -0.2) is 4.79 Å². The van der Waals surface area contributed by atoms with Crippen molar-refractivity contribution >= 4 is 12.0 Å². The maximum Gasteiger partial charge on any atom is 0.417 e. The van der Waals surface area contributed by atoms with Crippen LogP contribution in [-0.2, 0) is 10.9 Å². The largest absolute Gasteiger partial charge is 0.445 e. The van der Waals surface area contributed by atoms with Gasteiger partial charge in [-0.15, -0.1) is 0 Å². The molecule has 1 saturated heterocycles. The second-order valence-electron chi connectivity index (χ2n) is 5.64. The molecule has 1 aliphatic heterocycles. The number of benzene rings is 1. The van der Waals surface area contributed by atoms with Gasteiger partial charge in [-0.3, -0.25) is 4.79 Å². The molecule has 1 heterocycles. The highest BCUT2D eigenvalue weighted by molar-refractivity contribution is 5.96. The van der Waals surface area contributed by atoms with Crippen LogP contribution < -0.4 is 5.32 Å². The lowest BCUT2D eigenvalue weighted by Crippen LogP contribution is -2.47. The molecule has 1 N–H and O–H groups in total. The van der Waals surface area contributed by atoms with Gasteiger partial charge in [0.1, 0.15) is 6.61 Å². The number of ether oxygens (including phenoxy) is 1. The highest BCUT2D eigenvalue weighted by Crippen LogP contribution is 2.32. The van der Waals surface area contributed by atoms with Gasteiger partial charge in [-0.2, -0.15) is 13.2 Å². The number of alkyl halides is 3. The molecule has 136 valence electrons. The monoisotopic (exact) mass is 356 g/mol. The quantitative estimate of drug-likeness (QED) is 0.843. The summed E-state index contributed by atoms with van der Waals surface area (Å²) >= 11 is 0. The van der Waals surface area contributed by atoms with Gasteiger partial charge >= 0.3 is 12.3 Å². The minimum absolute atomic E-state index is 0.0946. The van der Waals surface area contributed by atoms with Gasteiger partial charge in [0.2, 0.25) is 0 Å². The third-order valence-electron chi connectivity index (χ3n) is 3.90. The molecule has 0 aliphatic carbocycles. The zero-order valence-corrected chi connectivity index (χ0v) is 13.5. The average Bonchev–Trinajstić information content (AvgIpc) is 2.59. The summed E-state index contributed by atoms with van der Waals surface area (Å²) in [4.78, 5) is 25.3. The zero-order valence-electron chi connectivity index (χ0n) is 13.5. The van der Waals surface area contributed by atoms with Crippen LogP contribution in [0.25, 0.3) is 0 Å². The lowest BCUT2D eigenvalue weighted by Gasteiger charge is -2.32. The molecule has 0 spiro atoms. The third-order valence-corrected chi connectivity index (χ3v) is 3.90. The molecule has 8 heteroatoms. The van der Waals surface area contributed by atoms with Crippen LogP contribution in [0.2, 0.25) is 0 Å². The number of halogens is 3. The highest BCUT2D eigenvalue weighted by atomic mass is 19.4. The summed E-state index contributed by atoms with van der Waals surface area (Å²) < 4.78 is 43.9. The zero-order chi connectivity index (χ0) is 18.4. The molecular formula is C17H19F3N2O3. The molecule has 2 rings (SSSR count). The Labute approximate surface area is 143 Å². The number of carbonyl (C=O) groups is 2. The maximum atomic E-state index is 13.0. The van der Waals surface area contributed by atoms with E-state index in [1.165, 1.54) is 29.2 Å². The van der Waals surface area contributed by atoms with Crippen LogP contribution in [-0.4, -0.2) is 42.6 Å². The van der Waals surface area contributed by atoms with Crippen molar-refractivity contribution in [2.45, 2.75) is 25.1 Å². The third kappa shape index (κ3) is 4.98. The Balaban J connectivity index is 1.96. The number of nitrogens with one attached hydrogen (secondary N) is 1. The molecule has 0 atom stereocenters. The summed E-state index contributed by atoms with van der Waals surface area (Å²) in [6.07, 6.45) is -2.82. The molecule has 5 nitrogen and oxygen atoms in total. The smallest absolute Gasteiger partial charge is 0.417 e. The highest BCUT2D eigenvalue weighted by Gasteiger charge is 2.36. The normalized spacial score (nSPS) is 15.6. The van der Waals surface area contributed by atoms with Crippen LogP contribution in [0.4, 0.5) is 18.0 Å². The first kappa shape index (κ1) is 18.8. The van der Waals surface area contributed by atoms with Gasteiger partial charge in [-0.1, -0.05) is 24.8 Å². The molecule has 0 aromatic heterocycles. The first-order valence-electron chi connectivity index (χ1n) is 7.82. The van der Waals surface area contributed by atoms with E-state index in [4.69, 9.17) is 4.74 Å². The molecule has 0 radical (unpaired) electrons. The van der Waals surface area contributed by atoms with Crippen molar-refractivity contribution in [2.75, 3.05) is 19.7 Å². The fourth-order valence-corrected chi connectivity index (χ4v) is 2.66. The summed E-state index contributed by atoms with van der Waals surface area (Å²) in [6.45, 7) is 4.05.